The van der Waals surface area contributed by atoms with Gasteiger partial charge < -0.3 is 14.2 Å². The van der Waals surface area contributed by atoms with Crippen molar-refractivity contribution in [2.75, 3.05) is 13.7 Å². The van der Waals surface area contributed by atoms with E-state index < -0.39 is 11.9 Å². The Morgan fingerprint density at radius 1 is 1.07 bits per heavy atom. The van der Waals surface area contributed by atoms with Crippen LogP contribution in [0.5, 0.6) is 11.5 Å². The van der Waals surface area contributed by atoms with Crippen LogP contribution in [-0.2, 0) is 19.7 Å². The molecule has 2 aromatic carbocycles. The molecule has 0 unspecified atom stereocenters. The lowest BCUT2D eigenvalue weighted by atomic mass is 9.87. The monoisotopic (exact) mass is 393 g/mol. The molecule has 0 aliphatic carbocycles. The van der Waals surface area contributed by atoms with Gasteiger partial charge in [-0.3, -0.25) is 0 Å². The van der Waals surface area contributed by atoms with E-state index in [4.69, 9.17) is 14.7 Å². The van der Waals surface area contributed by atoms with Gasteiger partial charge in [-0.15, -0.1) is 0 Å². The van der Waals surface area contributed by atoms with Crippen molar-refractivity contribution in [1.82, 2.24) is 0 Å². The van der Waals surface area contributed by atoms with E-state index in [1.54, 1.807) is 24.3 Å². The number of rotatable bonds is 6. The van der Waals surface area contributed by atoms with Gasteiger partial charge in [-0.2, -0.15) is 5.26 Å². The highest BCUT2D eigenvalue weighted by atomic mass is 16.6. The standard InChI is InChI=1S/C23H23NO5/c1-23(2,3)18-8-10-19(11-9-18)28-15-21(25)29-20-7-5-6-16(13-20)12-17(14-24)22(26)27-4/h5-13H,15H2,1-4H3/b17-12+. The van der Waals surface area contributed by atoms with Gasteiger partial charge in [0.25, 0.3) is 0 Å². The summed E-state index contributed by atoms with van der Waals surface area (Å²) in [4.78, 5) is 23.6. The Morgan fingerprint density at radius 2 is 1.76 bits per heavy atom. The number of carbonyl (C=O) groups is 2. The zero-order valence-electron chi connectivity index (χ0n) is 16.9. The lowest BCUT2D eigenvalue weighted by molar-refractivity contribution is -0.137. The number of hydrogen-bond acceptors (Lipinski definition) is 6. The van der Waals surface area contributed by atoms with Crippen molar-refractivity contribution in [2.24, 2.45) is 0 Å². The number of nitriles is 1. The lowest BCUT2D eigenvalue weighted by Crippen LogP contribution is -2.18. The predicted octanol–water partition coefficient (Wildman–Crippen LogP) is 4.05. The number of esters is 2. The molecule has 0 atom stereocenters. The Balaban J connectivity index is 1.98. The summed E-state index contributed by atoms with van der Waals surface area (Å²) in [5.74, 6) is -0.457. The van der Waals surface area contributed by atoms with Crippen LogP contribution in [0, 0.1) is 11.3 Å². The molecule has 0 heterocycles. The fourth-order valence-electron chi connectivity index (χ4n) is 2.44. The molecule has 2 rings (SSSR count). The molecule has 0 aliphatic heterocycles. The molecule has 6 heteroatoms. The van der Waals surface area contributed by atoms with Gasteiger partial charge in [0.15, 0.2) is 6.61 Å². The third kappa shape index (κ3) is 6.51. The van der Waals surface area contributed by atoms with Crippen LogP contribution < -0.4 is 9.47 Å². The second-order valence-corrected chi connectivity index (χ2v) is 7.27. The van der Waals surface area contributed by atoms with Gasteiger partial charge in [-0.25, -0.2) is 9.59 Å². The fraction of sp³-hybridized carbons (Fsp3) is 0.261. The predicted molar refractivity (Wildman–Crippen MR) is 108 cm³/mol. The van der Waals surface area contributed by atoms with Gasteiger partial charge in [0.05, 0.1) is 7.11 Å². The maximum atomic E-state index is 12.1. The summed E-state index contributed by atoms with van der Waals surface area (Å²) in [7, 11) is 1.20. The normalized spacial score (nSPS) is 11.3. The minimum absolute atomic E-state index is 0.0379. The molecule has 6 nitrogen and oxygen atoms in total. The van der Waals surface area contributed by atoms with Crippen molar-refractivity contribution in [1.29, 1.82) is 5.26 Å². The molecule has 2 aromatic rings. The van der Waals surface area contributed by atoms with Crippen LogP contribution in [0.15, 0.2) is 54.1 Å². The van der Waals surface area contributed by atoms with Crippen LogP contribution in [0.3, 0.4) is 0 Å². The van der Waals surface area contributed by atoms with E-state index in [-0.39, 0.29) is 23.3 Å². The maximum absolute atomic E-state index is 12.1. The molecule has 0 aromatic heterocycles. The number of methoxy groups -OCH3 is 1. The van der Waals surface area contributed by atoms with Gasteiger partial charge in [-0.1, -0.05) is 45.0 Å². The van der Waals surface area contributed by atoms with Crippen LogP contribution in [0.1, 0.15) is 31.9 Å². The van der Waals surface area contributed by atoms with E-state index in [2.05, 4.69) is 25.5 Å². The average Bonchev–Trinajstić information content (AvgIpc) is 2.70. The van der Waals surface area contributed by atoms with Crippen molar-refractivity contribution < 1.29 is 23.8 Å². The molecule has 0 N–H and O–H groups in total. The van der Waals surface area contributed by atoms with Crippen LogP contribution in [0.4, 0.5) is 0 Å². The fourth-order valence-corrected chi connectivity index (χ4v) is 2.44. The number of benzene rings is 2. The van der Waals surface area contributed by atoms with E-state index in [9.17, 15) is 9.59 Å². The molecule has 29 heavy (non-hydrogen) atoms. The molecular weight excluding hydrogens is 370 g/mol. The molecule has 0 saturated carbocycles. The lowest BCUT2D eigenvalue weighted by Gasteiger charge is -2.19. The van der Waals surface area contributed by atoms with Crippen molar-refractivity contribution in [3.63, 3.8) is 0 Å². The highest BCUT2D eigenvalue weighted by molar-refractivity contribution is 5.97. The number of hydrogen-bond donors (Lipinski definition) is 0. The zero-order chi connectivity index (χ0) is 21.4. The first-order valence-electron chi connectivity index (χ1n) is 8.97. The summed E-state index contributed by atoms with van der Waals surface area (Å²) in [5, 5.41) is 9.02. The van der Waals surface area contributed by atoms with Gasteiger partial charge in [0.1, 0.15) is 23.1 Å². The number of ether oxygens (including phenoxy) is 3. The molecule has 0 amide bonds. The summed E-state index contributed by atoms with van der Waals surface area (Å²) in [6, 6.07) is 15.8. The first-order valence-corrected chi connectivity index (χ1v) is 8.97. The zero-order valence-corrected chi connectivity index (χ0v) is 16.9. The third-order valence-electron chi connectivity index (χ3n) is 4.00. The topological polar surface area (TPSA) is 85.6 Å². The number of carbonyl (C=O) groups excluding carboxylic acids is 2. The van der Waals surface area contributed by atoms with E-state index in [1.807, 2.05) is 24.3 Å². The first-order chi connectivity index (χ1) is 13.7. The maximum Gasteiger partial charge on any atom is 0.349 e. The van der Waals surface area contributed by atoms with E-state index >= 15 is 0 Å². The van der Waals surface area contributed by atoms with Crippen LogP contribution in [-0.4, -0.2) is 25.7 Å². The van der Waals surface area contributed by atoms with Crippen LogP contribution >= 0.6 is 0 Å². The molecule has 0 saturated heterocycles. The Hall–Kier alpha value is -3.59. The quantitative estimate of drug-likeness (QED) is 0.319. The van der Waals surface area contributed by atoms with Gasteiger partial charge >= 0.3 is 11.9 Å². The van der Waals surface area contributed by atoms with Gasteiger partial charge in [-0.05, 0) is 46.9 Å². The molecule has 0 radical (unpaired) electrons. The van der Waals surface area contributed by atoms with Crippen molar-refractivity contribution in [3.8, 4) is 17.6 Å². The van der Waals surface area contributed by atoms with E-state index in [1.165, 1.54) is 24.8 Å². The minimum atomic E-state index is -0.735. The van der Waals surface area contributed by atoms with E-state index in [0.717, 1.165) is 0 Å². The molecule has 150 valence electrons. The van der Waals surface area contributed by atoms with E-state index in [0.29, 0.717) is 11.3 Å². The Morgan fingerprint density at radius 3 is 2.34 bits per heavy atom. The molecule has 0 spiro atoms. The summed E-state index contributed by atoms with van der Waals surface area (Å²) in [6.45, 7) is 6.11. The minimum Gasteiger partial charge on any atom is -0.482 e. The van der Waals surface area contributed by atoms with Gasteiger partial charge in [0.2, 0.25) is 0 Å². The Bertz CT molecular complexity index is 946. The van der Waals surface area contributed by atoms with Crippen molar-refractivity contribution >= 4 is 18.0 Å². The average molecular weight is 393 g/mol. The Labute approximate surface area is 170 Å². The number of nitrogens with zero attached hydrogens (tertiary/aromatic N) is 1. The first kappa shape index (κ1) is 21.7. The highest BCUT2D eigenvalue weighted by Crippen LogP contribution is 2.24. The molecule has 0 bridgehead atoms. The summed E-state index contributed by atoms with van der Waals surface area (Å²) in [6.07, 6.45) is 1.36. The van der Waals surface area contributed by atoms with Crippen LogP contribution in [0.2, 0.25) is 0 Å². The summed E-state index contributed by atoms with van der Waals surface area (Å²) >= 11 is 0. The second-order valence-electron chi connectivity index (χ2n) is 7.27. The summed E-state index contributed by atoms with van der Waals surface area (Å²) in [5.41, 5.74) is 1.57. The molecule has 0 fully saturated rings. The SMILES string of the molecule is COC(=O)/C(C#N)=C/c1cccc(OC(=O)COc2ccc(C(C)(C)C)cc2)c1. The Kier molecular flexibility index (Phi) is 7.15. The second kappa shape index (κ2) is 9.56. The van der Waals surface area contributed by atoms with Gasteiger partial charge in [0, 0.05) is 0 Å². The molecule has 0 aliphatic rings. The van der Waals surface area contributed by atoms with Crippen molar-refractivity contribution in [3.05, 3.63) is 65.2 Å². The highest BCUT2D eigenvalue weighted by Gasteiger charge is 2.14. The van der Waals surface area contributed by atoms with Crippen LogP contribution in [0.25, 0.3) is 6.08 Å². The largest absolute Gasteiger partial charge is 0.482 e. The van der Waals surface area contributed by atoms with Crippen molar-refractivity contribution in [2.45, 2.75) is 26.2 Å². The smallest absolute Gasteiger partial charge is 0.349 e. The summed E-state index contributed by atoms with van der Waals surface area (Å²) < 4.78 is 15.3. The third-order valence-corrected chi connectivity index (χ3v) is 4.00. The molecular formula is C23H23NO5.